The molecule has 0 aliphatic rings. The van der Waals surface area contributed by atoms with Crippen molar-refractivity contribution >= 4 is 41.0 Å². The van der Waals surface area contributed by atoms with Gasteiger partial charge in [0.25, 0.3) is 0 Å². The molecular weight excluding hydrogens is 387 g/mol. The molecule has 2 aromatic rings. The minimum atomic E-state index is -0.498. The van der Waals surface area contributed by atoms with Crippen LogP contribution in [0.25, 0.3) is 0 Å². The van der Waals surface area contributed by atoms with E-state index in [9.17, 15) is 18.8 Å². The fourth-order valence-corrected chi connectivity index (χ4v) is 2.90. The van der Waals surface area contributed by atoms with Gasteiger partial charge in [0.2, 0.25) is 17.7 Å². The Kier molecular flexibility index (Phi) is 7.56. The van der Waals surface area contributed by atoms with Crippen LogP contribution in [-0.2, 0) is 14.4 Å². The molecule has 8 nitrogen and oxygen atoms in total. The summed E-state index contributed by atoms with van der Waals surface area (Å²) in [5.41, 5.74) is 0.440. The zero-order valence-electron chi connectivity index (χ0n) is 15.7. The van der Waals surface area contributed by atoms with E-state index in [4.69, 9.17) is 4.52 Å². The van der Waals surface area contributed by atoms with Crippen LogP contribution in [-0.4, -0.2) is 52.4 Å². The highest BCUT2D eigenvalue weighted by molar-refractivity contribution is 8.01. The van der Waals surface area contributed by atoms with Crippen molar-refractivity contribution < 1.29 is 23.3 Å². The summed E-state index contributed by atoms with van der Waals surface area (Å²) in [6.07, 6.45) is 0. The number of likely N-dealkylation sites (N-methyl/N-ethyl adjacent to an activating group) is 1. The number of nitrogens with zero attached hydrogens (tertiary/aromatic N) is 2. The highest BCUT2D eigenvalue weighted by atomic mass is 32.2. The van der Waals surface area contributed by atoms with E-state index in [-0.39, 0.29) is 24.1 Å². The molecule has 28 heavy (non-hydrogen) atoms. The fourth-order valence-electron chi connectivity index (χ4n) is 2.07. The molecule has 2 rings (SSSR count). The summed E-state index contributed by atoms with van der Waals surface area (Å²) < 4.78 is 17.7. The van der Waals surface area contributed by atoms with E-state index < -0.39 is 17.0 Å². The SMILES string of the molecule is Cc1cc(NC(=O)C(C)SCC(=O)N(C)CC(=O)Nc2ccc(F)cc2)no1. The predicted octanol–water partition coefficient (Wildman–Crippen LogP) is 2.28. The molecule has 3 amide bonds. The molecule has 0 saturated carbocycles. The molecule has 0 bridgehead atoms. The lowest BCUT2D eigenvalue weighted by Gasteiger charge is -2.18. The Balaban J connectivity index is 1.74. The Morgan fingerprint density at radius 1 is 1.25 bits per heavy atom. The Bertz CT molecular complexity index is 840. The average molecular weight is 408 g/mol. The molecule has 1 unspecified atom stereocenters. The van der Waals surface area contributed by atoms with E-state index in [1.165, 1.54) is 36.2 Å². The number of benzene rings is 1. The number of aromatic nitrogens is 1. The maximum Gasteiger partial charge on any atom is 0.243 e. The molecule has 0 spiro atoms. The maximum absolute atomic E-state index is 12.9. The van der Waals surface area contributed by atoms with E-state index in [1.54, 1.807) is 19.9 Å². The van der Waals surface area contributed by atoms with Crippen molar-refractivity contribution in [3.63, 3.8) is 0 Å². The first-order valence-corrected chi connectivity index (χ1v) is 9.44. The molecule has 1 aromatic heterocycles. The van der Waals surface area contributed by atoms with Crippen molar-refractivity contribution in [2.45, 2.75) is 19.1 Å². The van der Waals surface area contributed by atoms with Crippen LogP contribution >= 0.6 is 11.8 Å². The van der Waals surface area contributed by atoms with Crippen LogP contribution in [0.5, 0.6) is 0 Å². The van der Waals surface area contributed by atoms with Gasteiger partial charge < -0.3 is 20.1 Å². The number of carbonyl (C=O) groups is 3. The van der Waals surface area contributed by atoms with Crippen molar-refractivity contribution in [1.29, 1.82) is 0 Å². The van der Waals surface area contributed by atoms with Gasteiger partial charge in [-0.2, -0.15) is 0 Å². The van der Waals surface area contributed by atoms with Crippen LogP contribution in [0.3, 0.4) is 0 Å². The van der Waals surface area contributed by atoms with Crippen molar-refractivity contribution in [2.75, 3.05) is 30.0 Å². The normalized spacial score (nSPS) is 11.6. The zero-order chi connectivity index (χ0) is 20.7. The van der Waals surface area contributed by atoms with Gasteiger partial charge in [-0.3, -0.25) is 14.4 Å². The fraction of sp³-hybridized carbons (Fsp3) is 0.333. The highest BCUT2D eigenvalue weighted by Crippen LogP contribution is 2.15. The number of aryl methyl sites for hydroxylation is 1. The number of amides is 3. The van der Waals surface area contributed by atoms with Gasteiger partial charge >= 0.3 is 0 Å². The van der Waals surface area contributed by atoms with E-state index in [1.807, 2.05) is 0 Å². The van der Waals surface area contributed by atoms with Gasteiger partial charge in [-0.1, -0.05) is 5.16 Å². The summed E-state index contributed by atoms with van der Waals surface area (Å²) >= 11 is 1.14. The number of thioether (sulfide) groups is 1. The Hall–Kier alpha value is -2.88. The summed E-state index contributed by atoms with van der Waals surface area (Å²) in [5, 5.41) is 8.36. The molecular formula is C18H21FN4O4S. The smallest absolute Gasteiger partial charge is 0.243 e. The minimum absolute atomic E-state index is 0.0345. The molecule has 1 aromatic carbocycles. The second-order valence-electron chi connectivity index (χ2n) is 6.07. The quantitative estimate of drug-likeness (QED) is 0.694. The molecule has 0 saturated heterocycles. The van der Waals surface area contributed by atoms with Gasteiger partial charge in [-0.05, 0) is 38.1 Å². The Labute approximate surface area is 165 Å². The second kappa shape index (κ2) is 9.88. The molecule has 10 heteroatoms. The second-order valence-corrected chi connectivity index (χ2v) is 7.40. The van der Waals surface area contributed by atoms with Gasteiger partial charge in [0.05, 0.1) is 17.5 Å². The summed E-state index contributed by atoms with van der Waals surface area (Å²) in [7, 11) is 1.50. The van der Waals surface area contributed by atoms with Crippen LogP contribution < -0.4 is 10.6 Å². The molecule has 0 fully saturated rings. The predicted molar refractivity (Wildman–Crippen MR) is 104 cm³/mol. The summed E-state index contributed by atoms with van der Waals surface area (Å²) in [5.74, 6) is -0.479. The minimum Gasteiger partial charge on any atom is -0.360 e. The van der Waals surface area contributed by atoms with Gasteiger partial charge in [0.1, 0.15) is 11.6 Å². The third-order valence-electron chi connectivity index (χ3n) is 3.64. The van der Waals surface area contributed by atoms with E-state index in [2.05, 4.69) is 15.8 Å². The van der Waals surface area contributed by atoms with E-state index >= 15 is 0 Å². The molecule has 0 radical (unpaired) electrons. The average Bonchev–Trinajstić information content (AvgIpc) is 3.05. The van der Waals surface area contributed by atoms with Crippen molar-refractivity contribution in [3.05, 3.63) is 41.9 Å². The van der Waals surface area contributed by atoms with Crippen molar-refractivity contribution in [2.24, 2.45) is 0 Å². The van der Waals surface area contributed by atoms with E-state index in [0.29, 0.717) is 17.3 Å². The molecule has 1 heterocycles. The lowest BCUT2D eigenvalue weighted by atomic mass is 10.3. The molecule has 150 valence electrons. The molecule has 0 aliphatic carbocycles. The zero-order valence-corrected chi connectivity index (χ0v) is 16.5. The number of hydrogen-bond donors (Lipinski definition) is 2. The summed E-state index contributed by atoms with van der Waals surface area (Å²) in [6, 6.07) is 6.92. The number of rotatable bonds is 8. The Morgan fingerprint density at radius 2 is 1.93 bits per heavy atom. The van der Waals surface area contributed by atoms with Crippen molar-refractivity contribution in [1.82, 2.24) is 10.1 Å². The molecule has 1 atom stereocenters. The first-order valence-electron chi connectivity index (χ1n) is 8.39. The number of carbonyl (C=O) groups excluding carboxylic acids is 3. The van der Waals surface area contributed by atoms with Gasteiger partial charge in [-0.15, -0.1) is 11.8 Å². The van der Waals surface area contributed by atoms with Gasteiger partial charge in [-0.25, -0.2) is 4.39 Å². The van der Waals surface area contributed by atoms with Crippen molar-refractivity contribution in [3.8, 4) is 0 Å². The standard InChI is InChI=1S/C18H21FN4O4S/c1-11-8-15(22-27-11)21-18(26)12(2)28-10-17(25)23(3)9-16(24)20-14-6-4-13(19)5-7-14/h4-8,12H,9-10H2,1-3H3,(H,20,24)(H,21,22,26). The molecule has 0 aliphatic heterocycles. The highest BCUT2D eigenvalue weighted by Gasteiger charge is 2.19. The van der Waals surface area contributed by atoms with Crippen LogP contribution in [0.15, 0.2) is 34.9 Å². The van der Waals surface area contributed by atoms with Crippen LogP contribution in [0.1, 0.15) is 12.7 Å². The first-order chi connectivity index (χ1) is 13.2. The number of halogens is 1. The number of hydrogen-bond acceptors (Lipinski definition) is 6. The lowest BCUT2D eigenvalue weighted by molar-refractivity contribution is -0.131. The maximum atomic E-state index is 12.9. The monoisotopic (exact) mass is 408 g/mol. The van der Waals surface area contributed by atoms with Crippen LogP contribution in [0.2, 0.25) is 0 Å². The van der Waals surface area contributed by atoms with Crippen LogP contribution in [0.4, 0.5) is 15.9 Å². The topological polar surface area (TPSA) is 105 Å². The largest absolute Gasteiger partial charge is 0.360 e. The lowest BCUT2D eigenvalue weighted by Crippen LogP contribution is -2.36. The van der Waals surface area contributed by atoms with Gasteiger partial charge in [0, 0.05) is 18.8 Å². The first kappa shape index (κ1) is 21.4. The van der Waals surface area contributed by atoms with E-state index in [0.717, 1.165) is 11.8 Å². The van der Waals surface area contributed by atoms with Crippen LogP contribution in [0, 0.1) is 12.7 Å². The number of anilines is 2. The Morgan fingerprint density at radius 3 is 2.54 bits per heavy atom. The third kappa shape index (κ3) is 6.69. The summed E-state index contributed by atoms with van der Waals surface area (Å²) in [6.45, 7) is 3.22. The number of nitrogens with one attached hydrogen (secondary N) is 2. The summed E-state index contributed by atoms with van der Waals surface area (Å²) in [4.78, 5) is 37.5. The van der Waals surface area contributed by atoms with Gasteiger partial charge in [0.15, 0.2) is 5.82 Å². The third-order valence-corrected chi connectivity index (χ3v) is 4.77. The molecule has 2 N–H and O–H groups in total.